The maximum Gasteiger partial charge on any atom is 0.262 e. The van der Waals surface area contributed by atoms with Gasteiger partial charge in [-0.05, 0) is 42.8 Å². The van der Waals surface area contributed by atoms with Crippen molar-refractivity contribution >= 4 is 33.2 Å². The van der Waals surface area contributed by atoms with Gasteiger partial charge in [-0.3, -0.25) is 4.79 Å². The average molecular weight is 353 g/mol. The highest BCUT2D eigenvalue weighted by molar-refractivity contribution is 9.10. The molecule has 2 aromatic rings. The van der Waals surface area contributed by atoms with Crippen molar-refractivity contribution < 1.29 is 13.9 Å². The minimum atomic E-state index is -0.588. The quantitative estimate of drug-likeness (QED) is 0.827. The zero-order valence-electron chi connectivity index (χ0n) is 11.3. The van der Waals surface area contributed by atoms with E-state index in [1.54, 1.807) is 31.2 Å². The van der Waals surface area contributed by atoms with E-state index >= 15 is 0 Å². The summed E-state index contributed by atoms with van der Waals surface area (Å²) < 4.78 is 19.7. The van der Waals surface area contributed by atoms with Crippen LogP contribution in [0.25, 0.3) is 0 Å². The van der Waals surface area contributed by atoms with E-state index in [4.69, 9.17) is 10.5 Å². The van der Waals surface area contributed by atoms with E-state index in [0.717, 1.165) is 4.47 Å². The lowest BCUT2D eigenvalue weighted by atomic mass is 10.2. The molecule has 3 N–H and O–H groups in total. The molecule has 2 rings (SSSR count). The third kappa shape index (κ3) is 4.19. The Morgan fingerprint density at radius 3 is 2.67 bits per heavy atom. The van der Waals surface area contributed by atoms with Gasteiger partial charge in [-0.1, -0.05) is 15.9 Å². The van der Waals surface area contributed by atoms with E-state index in [2.05, 4.69) is 21.2 Å². The number of nitrogens with two attached hydrogens (primary N) is 1. The van der Waals surface area contributed by atoms with Crippen molar-refractivity contribution in [2.45, 2.75) is 6.92 Å². The van der Waals surface area contributed by atoms with Crippen LogP contribution in [0.2, 0.25) is 0 Å². The van der Waals surface area contributed by atoms with Gasteiger partial charge in [0.1, 0.15) is 0 Å². The van der Waals surface area contributed by atoms with Crippen LogP contribution in [-0.2, 0) is 4.79 Å². The normalized spacial score (nSPS) is 10.2. The molecule has 0 radical (unpaired) electrons. The molecule has 0 saturated carbocycles. The van der Waals surface area contributed by atoms with E-state index in [1.165, 1.54) is 12.1 Å². The molecule has 110 valence electrons. The molecule has 0 spiro atoms. The molecule has 1 amide bonds. The maximum absolute atomic E-state index is 13.6. The number of amides is 1. The predicted molar refractivity (Wildman–Crippen MR) is 83.8 cm³/mol. The van der Waals surface area contributed by atoms with Gasteiger partial charge in [0, 0.05) is 21.9 Å². The SMILES string of the molecule is Cc1cc(OCC(=O)Nc2ccc(Br)cc2)c(F)cc1N. The van der Waals surface area contributed by atoms with Gasteiger partial charge in [-0.25, -0.2) is 4.39 Å². The summed E-state index contributed by atoms with van der Waals surface area (Å²) in [7, 11) is 0. The van der Waals surface area contributed by atoms with Crippen LogP contribution in [0.1, 0.15) is 5.56 Å². The van der Waals surface area contributed by atoms with Crippen LogP contribution >= 0.6 is 15.9 Å². The first kappa shape index (κ1) is 15.3. The molecule has 0 aliphatic rings. The summed E-state index contributed by atoms with van der Waals surface area (Å²) in [5.41, 5.74) is 7.26. The van der Waals surface area contributed by atoms with Crippen molar-refractivity contribution in [1.82, 2.24) is 0 Å². The number of aryl methyl sites for hydroxylation is 1. The lowest BCUT2D eigenvalue weighted by molar-refractivity contribution is -0.118. The number of ether oxygens (including phenoxy) is 1. The van der Waals surface area contributed by atoms with Crippen molar-refractivity contribution in [2.24, 2.45) is 0 Å². The lowest BCUT2D eigenvalue weighted by Gasteiger charge is -2.10. The van der Waals surface area contributed by atoms with Crippen LogP contribution in [-0.4, -0.2) is 12.5 Å². The number of carbonyl (C=O) groups excluding carboxylic acids is 1. The molecule has 0 bridgehead atoms. The van der Waals surface area contributed by atoms with Crippen molar-refractivity contribution in [1.29, 1.82) is 0 Å². The van der Waals surface area contributed by atoms with Crippen LogP contribution < -0.4 is 15.8 Å². The third-order valence-electron chi connectivity index (χ3n) is 2.81. The van der Waals surface area contributed by atoms with Gasteiger partial charge in [-0.15, -0.1) is 0 Å². The molecule has 6 heteroatoms. The fourth-order valence-corrected chi connectivity index (χ4v) is 1.92. The Morgan fingerprint density at radius 1 is 1.33 bits per heavy atom. The van der Waals surface area contributed by atoms with Gasteiger partial charge < -0.3 is 15.8 Å². The topological polar surface area (TPSA) is 64.3 Å². The Kier molecular flexibility index (Phi) is 4.80. The molecule has 0 saturated heterocycles. The molecule has 0 aliphatic carbocycles. The van der Waals surface area contributed by atoms with Crippen LogP contribution in [0.4, 0.5) is 15.8 Å². The fraction of sp³-hybridized carbons (Fsp3) is 0.133. The molecule has 0 fully saturated rings. The number of halogens is 2. The maximum atomic E-state index is 13.6. The number of hydrogen-bond donors (Lipinski definition) is 2. The van der Waals surface area contributed by atoms with Gasteiger partial charge in [-0.2, -0.15) is 0 Å². The number of anilines is 2. The summed E-state index contributed by atoms with van der Waals surface area (Å²) in [4.78, 5) is 11.7. The summed E-state index contributed by atoms with van der Waals surface area (Å²) in [6.45, 7) is 1.46. The Labute approximate surface area is 130 Å². The minimum Gasteiger partial charge on any atom is -0.481 e. The number of benzene rings is 2. The highest BCUT2D eigenvalue weighted by Gasteiger charge is 2.09. The van der Waals surface area contributed by atoms with Gasteiger partial charge in [0.15, 0.2) is 18.2 Å². The van der Waals surface area contributed by atoms with Gasteiger partial charge in [0.2, 0.25) is 0 Å². The molecule has 4 nitrogen and oxygen atoms in total. The van der Waals surface area contributed by atoms with Gasteiger partial charge in [0.05, 0.1) is 0 Å². The molecule has 0 atom stereocenters. The van der Waals surface area contributed by atoms with Crippen LogP contribution in [0.15, 0.2) is 40.9 Å². The second-order valence-corrected chi connectivity index (χ2v) is 5.40. The average Bonchev–Trinajstić information content (AvgIpc) is 2.44. The third-order valence-corrected chi connectivity index (χ3v) is 3.34. The van der Waals surface area contributed by atoms with Crippen LogP contribution in [0.3, 0.4) is 0 Å². The lowest BCUT2D eigenvalue weighted by Crippen LogP contribution is -2.20. The van der Waals surface area contributed by atoms with E-state index in [0.29, 0.717) is 16.9 Å². The van der Waals surface area contributed by atoms with Crippen molar-refractivity contribution in [3.8, 4) is 5.75 Å². The van der Waals surface area contributed by atoms with Gasteiger partial charge in [0.25, 0.3) is 5.91 Å². The monoisotopic (exact) mass is 352 g/mol. The first-order valence-electron chi connectivity index (χ1n) is 6.19. The number of nitrogen functional groups attached to an aromatic ring is 1. The Bertz CT molecular complexity index is 659. The Hall–Kier alpha value is -2.08. The molecule has 21 heavy (non-hydrogen) atoms. The van der Waals surface area contributed by atoms with Crippen LogP contribution in [0, 0.1) is 12.7 Å². The highest BCUT2D eigenvalue weighted by atomic mass is 79.9. The Morgan fingerprint density at radius 2 is 2.00 bits per heavy atom. The largest absolute Gasteiger partial charge is 0.481 e. The summed E-state index contributed by atoms with van der Waals surface area (Å²) >= 11 is 3.30. The summed E-state index contributed by atoms with van der Waals surface area (Å²) in [5, 5.41) is 2.65. The van der Waals surface area contributed by atoms with Crippen LogP contribution in [0.5, 0.6) is 5.75 Å². The summed E-state index contributed by atoms with van der Waals surface area (Å²) in [6.07, 6.45) is 0. The number of hydrogen-bond acceptors (Lipinski definition) is 3. The standard InChI is InChI=1S/C15H14BrFN2O2/c1-9-6-14(12(17)7-13(9)18)21-8-15(20)19-11-4-2-10(16)3-5-11/h2-7H,8,18H2,1H3,(H,19,20). The van der Waals surface area contributed by atoms with E-state index in [9.17, 15) is 9.18 Å². The molecule has 0 unspecified atom stereocenters. The second-order valence-electron chi connectivity index (χ2n) is 4.48. The predicted octanol–water partition coefficient (Wildman–Crippen LogP) is 3.50. The van der Waals surface area contributed by atoms with Crippen molar-refractivity contribution in [3.63, 3.8) is 0 Å². The molecule has 0 aliphatic heterocycles. The first-order valence-corrected chi connectivity index (χ1v) is 6.99. The molecule has 0 heterocycles. The van der Waals surface area contributed by atoms with E-state index < -0.39 is 5.82 Å². The van der Waals surface area contributed by atoms with E-state index in [1.807, 2.05) is 0 Å². The molecule has 0 aromatic heterocycles. The van der Waals surface area contributed by atoms with Gasteiger partial charge >= 0.3 is 0 Å². The smallest absolute Gasteiger partial charge is 0.262 e. The molecule has 2 aromatic carbocycles. The Balaban J connectivity index is 1.95. The van der Waals surface area contributed by atoms with Crippen molar-refractivity contribution in [3.05, 3.63) is 52.3 Å². The first-order chi connectivity index (χ1) is 9.95. The summed E-state index contributed by atoms with van der Waals surface area (Å²) in [5.74, 6) is -0.951. The summed E-state index contributed by atoms with van der Waals surface area (Å²) in [6, 6.07) is 9.75. The number of carbonyl (C=O) groups is 1. The highest BCUT2D eigenvalue weighted by Crippen LogP contribution is 2.23. The fourth-order valence-electron chi connectivity index (χ4n) is 1.65. The number of rotatable bonds is 4. The zero-order valence-corrected chi connectivity index (χ0v) is 12.9. The van der Waals surface area contributed by atoms with Crippen molar-refractivity contribution in [2.75, 3.05) is 17.7 Å². The zero-order chi connectivity index (χ0) is 15.4. The van der Waals surface area contributed by atoms with E-state index in [-0.39, 0.29) is 18.3 Å². The molecular formula is C15H14BrFN2O2. The second kappa shape index (κ2) is 6.58. The number of nitrogens with one attached hydrogen (secondary N) is 1. The molecular weight excluding hydrogens is 339 g/mol. The minimum absolute atomic E-state index is 0.00709.